The van der Waals surface area contributed by atoms with Crippen LogP contribution in [0, 0.1) is 12.7 Å². The Kier molecular flexibility index (Phi) is 7.33. The number of rotatable bonds is 7. The Morgan fingerprint density at radius 2 is 1.77 bits per heavy atom. The number of hydrogen-bond donors (Lipinski definition) is 1. The highest BCUT2D eigenvalue weighted by atomic mass is 32.2. The molecule has 0 saturated carbocycles. The lowest BCUT2D eigenvalue weighted by Gasteiger charge is -2.37. The van der Waals surface area contributed by atoms with Gasteiger partial charge in [0.25, 0.3) is 0 Å². The van der Waals surface area contributed by atoms with E-state index in [1.54, 1.807) is 36.4 Å². The minimum Gasteiger partial charge on any atom is -0.372 e. The quantitative estimate of drug-likeness (QED) is 0.704. The van der Waals surface area contributed by atoms with E-state index in [4.69, 9.17) is 4.74 Å². The fourth-order valence-electron chi connectivity index (χ4n) is 3.67. The maximum Gasteiger partial charge on any atom is 0.221 e. The molecule has 0 aromatic heterocycles. The molecular formula is C23H29FN2O4S. The van der Waals surface area contributed by atoms with Crippen LogP contribution in [0.1, 0.15) is 31.4 Å². The molecule has 0 radical (unpaired) electrons. The van der Waals surface area contributed by atoms with Gasteiger partial charge in [-0.05, 0) is 50.6 Å². The van der Waals surface area contributed by atoms with Gasteiger partial charge in [-0.1, -0.05) is 23.8 Å². The lowest BCUT2D eigenvalue weighted by Crippen LogP contribution is -2.45. The van der Waals surface area contributed by atoms with Crippen molar-refractivity contribution in [3.05, 3.63) is 59.4 Å². The van der Waals surface area contributed by atoms with Crippen LogP contribution in [0.5, 0.6) is 0 Å². The maximum absolute atomic E-state index is 14.7. The van der Waals surface area contributed by atoms with Gasteiger partial charge in [-0.25, -0.2) is 12.8 Å². The number of ether oxygens (including phenoxy) is 1. The predicted octanol–water partition coefficient (Wildman–Crippen LogP) is 3.23. The Morgan fingerprint density at radius 3 is 2.39 bits per heavy atom. The highest BCUT2D eigenvalue weighted by Gasteiger charge is 2.24. The van der Waals surface area contributed by atoms with Crippen molar-refractivity contribution in [3.63, 3.8) is 0 Å². The van der Waals surface area contributed by atoms with Gasteiger partial charge in [0.05, 0.1) is 28.5 Å². The maximum atomic E-state index is 14.7. The number of hydrogen-bond acceptors (Lipinski definition) is 5. The zero-order chi connectivity index (χ0) is 22.6. The Hall–Kier alpha value is -2.45. The first-order chi connectivity index (χ1) is 14.6. The number of carbonyl (C=O) groups is 1. The Labute approximate surface area is 183 Å². The third kappa shape index (κ3) is 6.27. The van der Waals surface area contributed by atoms with Crippen molar-refractivity contribution in [1.29, 1.82) is 0 Å². The highest BCUT2D eigenvalue weighted by Crippen LogP contribution is 2.24. The molecule has 1 N–H and O–H groups in total. The van der Waals surface area contributed by atoms with Gasteiger partial charge < -0.3 is 15.0 Å². The molecule has 0 spiro atoms. The van der Waals surface area contributed by atoms with E-state index in [1.165, 1.54) is 6.07 Å². The van der Waals surface area contributed by atoms with Crippen molar-refractivity contribution in [2.75, 3.05) is 23.7 Å². The summed E-state index contributed by atoms with van der Waals surface area (Å²) in [6, 6.07) is 11.4. The van der Waals surface area contributed by atoms with Gasteiger partial charge >= 0.3 is 0 Å². The normalized spacial score (nSPS) is 19.3. The average Bonchev–Trinajstić information content (AvgIpc) is 2.70. The van der Waals surface area contributed by atoms with Crippen LogP contribution in [0.15, 0.2) is 47.4 Å². The predicted molar refractivity (Wildman–Crippen MR) is 118 cm³/mol. The summed E-state index contributed by atoms with van der Waals surface area (Å²) in [7, 11) is -3.53. The SMILES string of the molecule is Cc1ccc(S(=O)(=O)CCC(=O)NCc2ccc(N3CC(C)OC(C)C3)c(F)c2)cc1. The monoisotopic (exact) mass is 448 g/mol. The topological polar surface area (TPSA) is 75.7 Å². The van der Waals surface area contributed by atoms with Crippen LogP contribution in [0.3, 0.4) is 0 Å². The number of nitrogens with one attached hydrogen (secondary N) is 1. The second-order valence-electron chi connectivity index (χ2n) is 8.11. The van der Waals surface area contributed by atoms with E-state index < -0.39 is 15.7 Å². The van der Waals surface area contributed by atoms with E-state index in [1.807, 2.05) is 25.7 Å². The summed E-state index contributed by atoms with van der Waals surface area (Å²) in [4.78, 5) is 14.3. The van der Waals surface area contributed by atoms with Gasteiger partial charge in [0.2, 0.25) is 5.91 Å². The van der Waals surface area contributed by atoms with E-state index in [0.717, 1.165) is 5.56 Å². The van der Waals surface area contributed by atoms with Crippen LogP contribution >= 0.6 is 0 Å². The number of amides is 1. The first kappa shape index (κ1) is 23.2. The van der Waals surface area contributed by atoms with Crippen LogP contribution in [0.25, 0.3) is 0 Å². The summed E-state index contributed by atoms with van der Waals surface area (Å²) in [6.45, 7) is 7.17. The second-order valence-corrected chi connectivity index (χ2v) is 10.2. The molecule has 0 aliphatic carbocycles. The molecule has 2 atom stereocenters. The van der Waals surface area contributed by atoms with Crippen molar-refractivity contribution in [2.24, 2.45) is 0 Å². The molecule has 1 aliphatic heterocycles. The molecule has 1 aliphatic rings. The van der Waals surface area contributed by atoms with Gasteiger partial charge in [-0.3, -0.25) is 4.79 Å². The molecule has 2 unspecified atom stereocenters. The molecule has 0 bridgehead atoms. The van der Waals surface area contributed by atoms with Crippen molar-refractivity contribution < 1.29 is 22.3 Å². The van der Waals surface area contributed by atoms with E-state index >= 15 is 0 Å². The summed E-state index contributed by atoms with van der Waals surface area (Å²) >= 11 is 0. The molecule has 6 nitrogen and oxygen atoms in total. The summed E-state index contributed by atoms with van der Waals surface area (Å²) in [5, 5.41) is 2.67. The first-order valence-electron chi connectivity index (χ1n) is 10.4. The number of carbonyl (C=O) groups excluding carboxylic acids is 1. The molecular weight excluding hydrogens is 419 g/mol. The third-order valence-corrected chi connectivity index (χ3v) is 6.97. The van der Waals surface area contributed by atoms with E-state index in [-0.39, 0.29) is 41.6 Å². The molecule has 3 rings (SSSR count). The number of nitrogens with zero attached hydrogens (tertiary/aromatic N) is 1. The summed E-state index contributed by atoms with van der Waals surface area (Å²) in [5.41, 5.74) is 2.10. The Balaban J connectivity index is 1.53. The zero-order valence-corrected chi connectivity index (χ0v) is 18.9. The summed E-state index contributed by atoms with van der Waals surface area (Å²) in [5.74, 6) is -1.02. The van der Waals surface area contributed by atoms with Crippen molar-refractivity contribution in [3.8, 4) is 0 Å². The Bertz CT molecular complexity index is 1010. The van der Waals surface area contributed by atoms with Crippen LogP contribution in [-0.2, 0) is 25.9 Å². The molecule has 8 heteroatoms. The molecule has 31 heavy (non-hydrogen) atoms. The number of aryl methyl sites for hydroxylation is 1. The summed E-state index contributed by atoms with van der Waals surface area (Å²) in [6.07, 6.45) is -0.100. The smallest absolute Gasteiger partial charge is 0.221 e. The minimum atomic E-state index is -3.53. The standard InChI is InChI=1S/C23H29FN2O4S/c1-16-4-7-20(8-5-16)31(28,29)11-10-23(27)25-13-19-6-9-22(21(24)12-19)26-14-17(2)30-18(3)15-26/h4-9,12,17-18H,10-11,13-15H2,1-3H3,(H,25,27). The van der Waals surface area contributed by atoms with Gasteiger partial charge in [0.1, 0.15) is 5.82 Å². The largest absolute Gasteiger partial charge is 0.372 e. The molecule has 2 aromatic rings. The number of sulfone groups is 1. The van der Waals surface area contributed by atoms with Crippen LogP contribution in [-0.4, -0.2) is 45.4 Å². The highest BCUT2D eigenvalue weighted by molar-refractivity contribution is 7.91. The first-order valence-corrected chi connectivity index (χ1v) is 12.0. The third-order valence-electron chi connectivity index (χ3n) is 5.24. The van der Waals surface area contributed by atoms with Gasteiger partial charge in [0.15, 0.2) is 9.84 Å². The number of morpholine rings is 1. The van der Waals surface area contributed by atoms with Crippen molar-refractivity contribution >= 4 is 21.4 Å². The number of benzene rings is 2. The molecule has 1 saturated heterocycles. The fraction of sp³-hybridized carbons (Fsp3) is 0.435. The van der Waals surface area contributed by atoms with Crippen molar-refractivity contribution in [2.45, 2.75) is 50.8 Å². The van der Waals surface area contributed by atoms with Gasteiger partial charge in [-0.15, -0.1) is 0 Å². The van der Waals surface area contributed by atoms with E-state index in [0.29, 0.717) is 24.3 Å². The molecule has 1 heterocycles. The van der Waals surface area contributed by atoms with Crippen molar-refractivity contribution in [1.82, 2.24) is 5.32 Å². The molecule has 1 amide bonds. The van der Waals surface area contributed by atoms with Crippen LogP contribution in [0.4, 0.5) is 10.1 Å². The van der Waals surface area contributed by atoms with Gasteiger partial charge in [0, 0.05) is 26.1 Å². The number of anilines is 1. The summed E-state index contributed by atoms with van der Waals surface area (Å²) < 4.78 is 45.1. The average molecular weight is 449 g/mol. The van der Waals surface area contributed by atoms with Gasteiger partial charge in [-0.2, -0.15) is 0 Å². The lowest BCUT2D eigenvalue weighted by atomic mass is 10.1. The molecule has 168 valence electrons. The van der Waals surface area contributed by atoms with E-state index in [9.17, 15) is 17.6 Å². The molecule has 1 fully saturated rings. The van der Waals surface area contributed by atoms with E-state index in [2.05, 4.69) is 5.32 Å². The zero-order valence-electron chi connectivity index (χ0n) is 18.1. The second kappa shape index (κ2) is 9.78. The number of halogens is 1. The fourth-order valence-corrected chi connectivity index (χ4v) is 4.91. The lowest BCUT2D eigenvalue weighted by molar-refractivity contribution is -0.120. The Morgan fingerprint density at radius 1 is 1.13 bits per heavy atom. The minimum absolute atomic E-state index is 0.0262. The van der Waals surface area contributed by atoms with Crippen LogP contribution in [0.2, 0.25) is 0 Å². The molecule has 2 aromatic carbocycles. The van der Waals surface area contributed by atoms with Crippen LogP contribution < -0.4 is 10.2 Å².